The summed E-state index contributed by atoms with van der Waals surface area (Å²) in [4.78, 5) is 0. The van der Waals surface area contributed by atoms with Gasteiger partial charge in [-0.2, -0.15) is 5.26 Å². The SMILES string of the molecule is N#CCc1ccc(F)c(I)c1Br. The second kappa shape index (κ2) is 4.19. The van der Waals surface area contributed by atoms with Crippen LogP contribution in [0.4, 0.5) is 4.39 Å². The monoisotopic (exact) mass is 339 g/mol. The van der Waals surface area contributed by atoms with E-state index in [1.807, 2.05) is 28.7 Å². The second-order valence-electron chi connectivity index (χ2n) is 2.17. The van der Waals surface area contributed by atoms with Gasteiger partial charge in [-0.25, -0.2) is 4.39 Å². The number of hydrogen-bond donors (Lipinski definition) is 0. The molecule has 0 spiro atoms. The van der Waals surface area contributed by atoms with Gasteiger partial charge < -0.3 is 0 Å². The van der Waals surface area contributed by atoms with Crippen LogP contribution in [0.3, 0.4) is 0 Å². The van der Waals surface area contributed by atoms with Crippen LogP contribution in [0, 0.1) is 20.7 Å². The molecule has 1 nitrogen and oxygen atoms in total. The van der Waals surface area contributed by atoms with Crippen molar-refractivity contribution in [2.45, 2.75) is 6.42 Å². The Morgan fingerprint density at radius 2 is 2.25 bits per heavy atom. The summed E-state index contributed by atoms with van der Waals surface area (Å²) in [6, 6.07) is 5.01. The van der Waals surface area contributed by atoms with Gasteiger partial charge in [0.1, 0.15) is 5.82 Å². The second-order valence-corrected chi connectivity index (χ2v) is 4.04. The number of benzene rings is 1. The molecule has 1 rings (SSSR count). The molecule has 0 radical (unpaired) electrons. The zero-order chi connectivity index (χ0) is 9.14. The van der Waals surface area contributed by atoms with E-state index in [2.05, 4.69) is 15.9 Å². The highest BCUT2D eigenvalue weighted by Crippen LogP contribution is 2.26. The van der Waals surface area contributed by atoms with Gasteiger partial charge in [0.05, 0.1) is 16.1 Å². The summed E-state index contributed by atoms with van der Waals surface area (Å²) in [5.41, 5.74) is 0.823. The first-order valence-electron chi connectivity index (χ1n) is 3.16. The first-order chi connectivity index (χ1) is 5.66. The summed E-state index contributed by atoms with van der Waals surface area (Å²) in [5, 5.41) is 8.44. The highest BCUT2D eigenvalue weighted by molar-refractivity contribution is 14.1. The summed E-state index contributed by atoms with van der Waals surface area (Å²) < 4.78 is 14.1. The summed E-state index contributed by atoms with van der Waals surface area (Å²) in [7, 11) is 0. The van der Waals surface area contributed by atoms with Crippen molar-refractivity contribution in [2.75, 3.05) is 0 Å². The highest BCUT2D eigenvalue weighted by atomic mass is 127. The molecule has 0 fully saturated rings. The number of rotatable bonds is 1. The summed E-state index contributed by atoms with van der Waals surface area (Å²) in [6.07, 6.45) is 0.302. The summed E-state index contributed by atoms with van der Waals surface area (Å²) in [5.74, 6) is -0.260. The minimum atomic E-state index is -0.260. The van der Waals surface area contributed by atoms with Crippen molar-refractivity contribution < 1.29 is 4.39 Å². The largest absolute Gasteiger partial charge is 0.206 e. The van der Waals surface area contributed by atoms with Crippen molar-refractivity contribution in [3.8, 4) is 6.07 Å². The summed E-state index contributed by atoms with van der Waals surface area (Å²) >= 11 is 5.14. The van der Waals surface area contributed by atoms with Gasteiger partial charge >= 0.3 is 0 Å². The molecule has 0 saturated carbocycles. The van der Waals surface area contributed by atoms with E-state index in [4.69, 9.17) is 5.26 Å². The molecule has 0 N–H and O–H groups in total. The van der Waals surface area contributed by atoms with E-state index in [1.54, 1.807) is 6.07 Å². The fourth-order valence-corrected chi connectivity index (χ4v) is 1.78. The Bertz CT molecular complexity index is 346. The molecule has 0 amide bonds. The van der Waals surface area contributed by atoms with E-state index >= 15 is 0 Å². The zero-order valence-corrected chi connectivity index (χ0v) is 9.69. The van der Waals surface area contributed by atoms with Gasteiger partial charge in [0, 0.05) is 4.47 Å². The number of halogens is 3. The summed E-state index contributed by atoms with van der Waals surface area (Å²) in [6.45, 7) is 0. The topological polar surface area (TPSA) is 23.8 Å². The lowest BCUT2D eigenvalue weighted by Crippen LogP contribution is -1.90. The molecule has 1 aromatic carbocycles. The fourth-order valence-electron chi connectivity index (χ4n) is 0.788. The van der Waals surface area contributed by atoms with Crippen LogP contribution in [0.1, 0.15) is 5.56 Å². The van der Waals surface area contributed by atoms with E-state index in [9.17, 15) is 4.39 Å². The Morgan fingerprint density at radius 3 is 2.83 bits per heavy atom. The quantitative estimate of drug-likeness (QED) is 0.569. The van der Waals surface area contributed by atoms with E-state index in [0.717, 1.165) is 5.56 Å². The van der Waals surface area contributed by atoms with Crippen molar-refractivity contribution in [1.82, 2.24) is 0 Å². The van der Waals surface area contributed by atoms with Crippen LogP contribution in [0.2, 0.25) is 0 Å². The normalized spacial score (nSPS) is 9.50. The van der Waals surface area contributed by atoms with E-state index in [0.29, 0.717) is 14.5 Å². The van der Waals surface area contributed by atoms with Gasteiger partial charge in [0.15, 0.2) is 0 Å². The third kappa shape index (κ3) is 1.96. The fraction of sp³-hybridized carbons (Fsp3) is 0.125. The van der Waals surface area contributed by atoms with E-state index in [1.165, 1.54) is 6.07 Å². The Hall–Kier alpha value is -0.150. The van der Waals surface area contributed by atoms with E-state index in [-0.39, 0.29) is 5.82 Å². The molecule has 4 heteroatoms. The lowest BCUT2D eigenvalue weighted by molar-refractivity contribution is 0.618. The molecule has 0 aromatic heterocycles. The van der Waals surface area contributed by atoms with Gasteiger partial charge in [-0.05, 0) is 50.2 Å². The molecular weight excluding hydrogens is 336 g/mol. The van der Waals surface area contributed by atoms with Crippen molar-refractivity contribution in [2.24, 2.45) is 0 Å². The average molecular weight is 340 g/mol. The maximum atomic E-state index is 12.9. The molecule has 62 valence electrons. The van der Waals surface area contributed by atoms with Crippen LogP contribution in [-0.4, -0.2) is 0 Å². The minimum absolute atomic E-state index is 0.260. The molecular formula is C8H4BrFIN. The number of hydrogen-bond acceptors (Lipinski definition) is 1. The molecule has 0 aliphatic rings. The third-order valence-corrected chi connectivity index (χ3v) is 4.09. The molecule has 0 aliphatic carbocycles. The molecule has 0 unspecified atom stereocenters. The van der Waals surface area contributed by atoms with Crippen LogP contribution >= 0.6 is 38.5 Å². The Balaban J connectivity index is 3.19. The standard InChI is InChI=1S/C8H4BrFIN/c9-7-5(3-4-12)1-2-6(10)8(7)11/h1-2H,3H2. The number of nitrogens with zero attached hydrogens (tertiary/aromatic N) is 1. The molecule has 0 bridgehead atoms. The molecule has 0 heterocycles. The molecule has 0 saturated heterocycles. The maximum Gasteiger partial charge on any atom is 0.137 e. The molecule has 1 aromatic rings. The van der Waals surface area contributed by atoms with Crippen LogP contribution in [0.15, 0.2) is 16.6 Å². The Kier molecular flexibility index (Phi) is 3.47. The Morgan fingerprint density at radius 1 is 1.58 bits per heavy atom. The maximum absolute atomic E-state index is 12.9. The van der Waals surface area contributed by atoms with Gasteiger partial charge in [-0.15, -0.1) is 0 Å². The van der Waals surface area contributed by atoms with Crippen LogP contribution in [0.5, 0.6) is 0 Å². The van der Waals surface area contributed by atoms with Crippen molar-refractivity contribution >= 4 is 38.5 Å². The molecule has 0 atom stereocenters. The van der Waals surface area contributed by atoms with E-state index < -0.39 is 0 Å². The zero-order valence-electron chi connectivity index (χ0n) is 5.94. The first-order valence-corrected chi connectivity index (χ1v) is 5.03. The third-order valence-electron chi connectivity index (χ3n) is 1.38. The predicted octanol–water partition coefficient (Wildman–Crippen LogP) is 3.26. The molecule has 0 aliphatic heterocycles. The minimum Gasteiger partial charge on any atom is -0.206 e. The number of nitriles is 1. The van der Waals surface area contributed by atoms with Crippen molar-refractivity contribution in [3.63, 3.8) is 0 Å². The highest BCUT2D eigenvalue weighted by Gasteiger charge is 2.07. The van der Waals surface area contributed by atoms with Crippen LogP contribution in [0.25, 0.3) is 0 Å². The molecule has 12 heavy (non-hydrogen) atoms. The van der Waals surface area contributed by atoms with Gasteiger partial charge in [0.25, 0.3) is 0 Å². The Labute approximate surface area is 91.8 Å². The van der Waals surface area contributed by atoms with Gasteiger partial charge in [0.2, 0.25) is 0 Å². The average Bonchev–Trinajstić information content (AvgIpc) is 2.07. The lowest BCUT2D eigenvalue weighted by Gasteiger charge is -2.02. The van der Waals surface area contributed by atoms with Gasteiger partial charge in [-0.1, -0.05) is 6.07 Å². The van der Waals surface area contributed by atoms with Crippen molar-refractivity contribution in [1.29, 1.82) is 5.26 Å². The van der Waals surface area contributed by atoms with Gasteiger partial charge in [-0.3, -0.25) is 0 Å². The smallest absolute Gasteiger partial charge is 0.137 e. The predicted molar refractivity (Wildman–Crippen MR) is 56.1 cm³/mol. The van der Waals surface area contributed by atoms with Crippen LogP contribution in [-0.2, 0) is 6.42 Å². The van der Waals surface area contributed by atoms with Crippen molar-refractivity contribution in [3.05, 3.63) is 31.6 Å². The first kappa shape index (κ1) is 9.93. The van der Waals surface area contributed by atoms with Crippen LogP contribution < -0.4 is 0 Å². The lowest BCUT2D eigenvalue weighted by atomic mass is 10.2.